The molecule has 2 atom stereocenters. The minimum Gasteiger partial charge on any atom is -0.384 e. The summed E-state index contributed by atoms with van der Waals surface area (Å²) in [5, 5.41) is 7.15. The molecule has 266 valence electrons. The lowest BCUT2D eigenvalue weighted by atomic mass is 10.2. The molecule has 19 heteroatoms. The number of Topliss-reactive ketones (excluding diaryl/α,β-unsaturated/α-hetero) is 1. The molecule has 0 aliphatic heterocycles. The maximum atomic E-state index is 12.7. The van der Waals surface area contributed by atoms with E-state index in [1.165, 1.54) is 12.1 Å². The van der Waals surface area contributed by atoms with Crippen molar-refractivity contribution in [2.75, 3.05) is 40.5 Å². The van der Waals surface area contributed by atoms with Gasteiger partial charge < -0.3 is 25.8 Å². The van der Waals surface area contributed by atoms with Crippen molar-refractivity contribution in [1.29, 1.82) is 0 Å². The lowest BCUT2D eigenvalue weighted by Gasteiger charge is -2.18. The van der Waals surface area contributed by atoms with E-state index in [4.69, 9.17) is 5.73 Å². The molecule has 12 nitrogen and oxygen atoms in total. The molecule has 0 saturated heterocycles. The maximum Gasteiger partial charge on any atom is 0.408 e. The number of nitrogens with zero attached hydrogens (tertiary/aromatic N) is 9. The zero-order valence-corrected chi connectivity index (χ0v) is 26.1. The Bertz CT molecular complexity index is 1380. The fraction of sp³-hybridized carbons (Fsp3) is 0.464. The van der Waals surface area contributed by atoms with Gasteiger partial charge in [-0.3, -0.25) is 9.79 Å². The first-order valence-electron chi connectivity index (χ1n) is 12.7. The van der Waals surface area contributed by atoms with Crippen molar-refractivity contribution in [3.63, 3.8) is 0 Å². The van der Waals surface area contributed by atoms with E-state index in [0.717, 1.165) is 24.7 Å². The highest BCUT2D eigenvalue weighted by Gasteiger charge is 2.38. The normalized spacial score (nSPS) is 12.2. The van der Waals surface area contributed by atoms with Gasteiger partial charge >= 0.3 is 12.4 Å². The molecular weight excluding hydrogens is 656 g/mol. The van der Waals surface area contributed by atoms with Crippen molar-refractivity contribution in [2.45, 2.75) is 53.1 Å². The topological polar surface area (TPSA) is 157 Å². The number of rotatable bonds is 8. The van der Waals surface area contributed by atoms with Crippen molar-refractivity contribution >= 4 is 42.5 Å². The smallest absolute Gasteiger partial charge is 0.384 e. The van der Waals surface area contributed by atoms with Crippen LogP contribution < -0.4 is 11.5 Å². The van der Waals surface area contributed by atoms with Crippen LogP contribution >= 0.6 is 12.4 Å². The van der Waals surface area contributed by atoms with Gasteiger partial charge in [-0.2, -0.15) is 26.3 Å². The molecule has 0 fully saturated rings. The van der Waals surface area contributed by atoms with Gasteiger partial charge in [0, 0.05) is 28.2 Å². The Balaban J connectivity index is -0.000000653. The zero-order chi connectivity index (χ0) is 33.7. The van der Waals surface area contributed by atoms with E-state index in [1.807, 2.05) is 28.2 Å². The van der Waals surface area contributed by atoms with Crippen LogP contribution in [0.5, 0.6) is 0 Å². The van der Waals surface area contributed by atoms with E-state index in [9.17, 15) is 31.1 Å². The van der Waals surface area contributed by atoms with Crippen LogP contribution in [0.15, 0.2) is 52.7 Å². The van der Waals surface area contributed by atoms with Crippen LogP contribution in [0, 0.1) is 0 Å². The highest BCUT2D eigenvalue weighted by atomic mass is 35.5. The van der Waals surface area contributed by atoms with Crippen molar-refractivity contribution < 1.29 is 31.1 Å². The molecule has 0 unspecified atom stereocenters. The number of ketones is 1. The first-order valence-corrected chi connectivity index (χ1v) is 12.7. The first kappa shape index (κ1) is 47.1. The summed E-state index contributed by atoms with van der Waals surface area (Å²) in [5.74, 6) is 0.630. The summed E-state index contributed by atoms with van der Waals surface area (Å²) in [6, 6.07) is 6.41. The largest absolute Gasteiger partial charge is 0.408 e. The summed E-state index contributed by atoms with van der Waals surface area (Å²) < 4.78 is 72.1. The van der Waals surface area contributed by atoms with Gasteiger partial charge in [0.15, 0.2) is 11.6 Å². The molecule has 47 heavy (non-hydrogen) atoms. The van der Waals surface area contributed by atoms with Gasteiger partial charge in [0.25, 0.3) is 0 Å². The minimum absolute atomic E-state index is 0. The Morgan fingerprint density at radius 1 is 0.936 bits per heavy atom. The number of nitrogen functional groups attached to an aromatic ring is 1. The SMILES string of the molecule is C.C.CN(C)C=NCC(=O)c1cccc(N=CN(C)C)n1.C[C@H](N)C(F)(F)F.C[C@H](n1cnnc1-c1cccc(N)n1)C(F)(F)F.Cl. The van der Waals surface area contributed by atoms with Gasteiger partial charge in [-0.25, -0.2) is 15.0 Å². The lowest BCUT2D eigenvalue weighted by molar-refractivity contribution is -0.162. The molecule has 0 spiro atoms. The average molecular weight is 700 g/mol. The Labute approximate surface area is 277 Å². The molecule has 0 aromatic carbocycles. The van der Waals surface area contributed by atoms with Crippen molar-refractivity contribution in [1.82, 2.24) is 34.5 Å². The predicted molar refractivity (Wildman–Crippen MR) is 176 cm³/mol. The number of nitrogens with two attached hydrogens (primary N) is 2. The number of hydrogen-bond donors (Lipinski definition) is 2. The van der Waals surface area contributed by atoms with Crippen LogP contribution in [-0.4, -0.2) is 106 Å². The number of aliphatic imine (C=N–C) groups is 2. The first-order chi connectivity index (χ1) is 20.3. The average Bonchev–Trinajstić information content (AvgIpc) is 3.41. The van der Waals surface area contributed by atoms with Crippen LogP contribution in [0.2, 0.25) is 0 Å². The van der Waals surface area contributed by atoms with Gasteiger partial charge in [0.1, 0.15) is 36.1 Å². The monoisotopic (exact) mass is 699 g/mol. The number of halogens is 7. The fourth-order valence-electron chi connectivity index (χ4n) is 2.64. The summed E-state index contributed by atoms with van der Waals surface area (Å²) in [6.45, 7) is 2.02. The van der Waals surface area contributed by atoms with Gasteiger partial charge in [-0.15, -0.1) is 22.6 Å². The molecule has 0 aliphatic rings. The van der Waals surface area contributed by atoms with Crippen LogP contribution in [0.3, 0.4) is 0 Å². The third-order valence-electron chi connectivity index (χ3n) is 4.97. The molecule has 0 amide bonds. The number of carbonyl (C=O) groups is 1. The van der Waals surface area contributed by atoms with Crippen molar-refractivity contribution in [3.8, 4) is 11.5 Å². The number of alkyl halides is 6. The molecular formula is C28H44ClF6N11O. The second-order valence-corrected chi connectivity index (χ2v) is 9.49. The van der Waals surface area contributed by atoms with Gasteiger partial charge in [-0.05, 0) is 38.1 Å². The van der Waals surface area contributed by atoms with E-state index >= 15 is 0 Å². The highest BCUT2D eigenvalue weighted by molar-refractivity contribution is 5.96. The van der Waals surface area contributed by atoms with E-state index < -0.39 is 24.4 Å². The molecule has 0 bridgehead atoms. The number of pyridine rings is 2. The summed E-state index contributed by atoms with van der Waals surface area (Å²) in [4.78, 5) is 31.7. The summed E-state index contributed by atoms with van der Waals surface area (Å²) in [7, 11) is 7.44. The molecule has 3 rings (SSSR count). The Morgan fingerprint density at radius 2 is 1.49 bits per heavy atom. The lowest BCUT2D eigenvalue weighted by Crippen LogP contribution is -2.33. The van der Waals surface area contributed by atoms with Gasteiger partial charge in [-0.1, -0.05) is 27.0 Å². The quantitative estimate of drug-likeness (QED) is 0.130. The van der Waals surface area contributed by atoms with E-state index in [0.29, 0.717) is 11.5 Å². The fourth-order valence-corrected chi connectivity index (χ4v) is 2.64. The molecule has 0 aliphatic carbocycles. The van der Waals surface area contributed by atoms with Crippen LogP contribution in [0.1, 0.15) is 45.2 Å². The Kier molecular flexibility index (Phi) is 21.5. The summed E-state index contributed by atoms with van der Waals surface area (Å²) in [5.41, 5.74) is 10.6. The molecule has 4 N–H and O–H groups in total. The number of aromatic nitrogens is 5. The standard InChI is InChI=1S/C13H19N5O.C10H10F3N5.C3H6F3N.2CH4.ClH/c1-17(2)9-14-8-12(19)11-6-5-7-13(16-11)15-10-18(3)4;1-6(10(11,12)13)18-5-15-17-9(18)7-3-2-4-8(14)16-7;1-2(7)3(4,5)6;;;/h5-7,9-10H,8H2,1-4H3;2-6H,1H3,(H2,14,16);2H,7H2,1H3;2*1H4;1H/t;6-;2-;;;/m.00.../s1. The molecule has 3 aromatic rings. The zero-order valence-electron chi connectivity index (χ0n) is 25.3. The summed E-state index contributed by atoms with van der Waals surface area (Å²) >= 11 is 0. The van der Waals surface area contributed by atoms with Gasteiger partial charge in [0.05, 0.1) is 18.7 Å². The van der Waals surface area contributed by atoms with Crippen LogP contribution in [0.4, 0.5) is 38.0 Å². The third-order valence-corrected chi connectivity index (χ3v) is 4.97. The molecule has 0 saturated carbocycles. The number of carbonyl (C=O) groups excluding carboxylic acids is 1. The molecule has 3 aromatic heterocycles. The second-order valence-electron chi connectivity index (χ2n) is 9.49. The number of hydrogen-bond acceptors (Lipinski definition) is 9. The van der Waals surface area contributed by atoms with E-state index in [-0.39, 0.29) is 56.9 Å². The third kappa shape index (κ3) is 17.8. The minimum atomic E-state index is -4.38. The second kappa shape index (κ2) is 21.5. The van der Waals surface area contributed by atoms with Crippen molar-refractivity contribution in [2.24, 2.45) is 15.7 Å². The Hall–Kier alpha value is -4.32. The van der Waals surface area contributed by atoms with E-state index in [2.05, 4.69) is 35.9 Å². The van der Waals surface area contributed by atoms with Crippen molar-refractivity contribution in [3.05, 3.63) is 48.4 Å². The molecule has 3 heterocycles. The van der Waals surface area contributed by atoms with E-state index in [1.54, 1.807) is 46.7 Å². The van der Waals surface area contributed by atoms with Crippen LogP contribution in [-0.2, 0) is 0 Å². The van der Waals surface area contributed by atoms with Gasteiger partial charge in [0.2, 0.25) is 5.78 Å². The maximum absolute atomic E-state index is 12.7. The number of anilines is 1. The predicted octanol–water partition coefficient (Wildman–Crippen LogP) is 5.71. The highest BCUT2D eigenvalue weighted by Crippen LogP contribution is 2.32. The van der Waals surface area contributed by atoms with Crippen LogP contribution in [0.25, 0.3) is 11.5 Å². The summed E-state index contributed by atoms with van der Waals surface area (Å²) in [6.07, 6.45) is -4.33. The Morgan fingerprint density at radius 3 is 1.98 bits per heavy atom. The molecule has 0 radical (unpaired) electrons.